The Morgan fingerprint density at radius 1 is 1.35 bits per heavy atom. The van der Waals surface area contributed by atoms with E-state index in [4.69, 9.17) is 0 Å². The highest BCUT2D eigenvalue weighted by Crippen LogP contribution is 2.35. The van der Waals surface area contributed by atoms with Gasteiger partial charge < -0.3 is 4.90 Å². The summed E-state index contributed by atoms with van der Waals surface area (Å²) in [4.78, 5) is 1.95. The fraction of sp³-hybridized carbons (Fsp3) is 0.350. The first-order chi connectivity index (χ1) is 11.2. The molecular weight excluding hydrogens is 348 g/mol. The quantitative estimate of drug-likeness (QED) is 0.457. The normalized spacial score (nSPS) is 16.7. The van der Waals surface area contributed by atoms with Crippen LogP contribution >= 0.6 is 15.9 Å². The Kier molecular flexibility index (Phi) is 6.67. The second kappa shape index (κ2) is 8.74. The lowest BCUT2D eigenvalue weighted by Crippen LogP contribution is -2.16. The molecule has 1 unspecified atom stereocenters. The van der Waals surface area contributed by atoms with Crippen LogP contribution in [0.15, 0.2) is 64.3 Å². The summed E-state index contributed by atoms with van der Waals surface area (Å²) in [7, 11) is 1.95. The van der Waals surface area contributed by atoms with Gasteiger partial charge in [-0.05, 0) is 55.3 Å². The third-order valence-corrected chi connectivity index (χ3v) is 5.13. The summed E-state index contributed by atoms with van der Waals surface area (Å²) in [5.74, 6) is 0.251. The molecule has 120 valence electrons. The third kappa shape index (κ3) is 4.84. The van der Waals surface area contributed by atoms with Crippen molar-refractivity contribution >= 4 is 21.6 Å². The van der Waals surface area contributed by atoms with E-state index in [0.29, 0.717) is 5.70 Å². The highest BCUT2D eigenvalue weighted by molar-refractivity contribution is 9.11. The number of hydrogen-bond donors (Lipinski definition) is 0. The Morgan fingerprint density at radius 2 is 2.09 bits per heavy atom. The molecule has 1 atom stereocenters. The van der Waals surface area contributed by atoms with Crippen LogP contribution in [0.4, 0.5) is 5.69 Å². The fourth-order valence-electron chi connectivity index (χ4n) is 2.91. The van der Waals surface area contributed by atoms with Crippen LogP contribution < -0.4 is 4.90 Å². The van der Waals surface area contributed by atoms with E-state index in [1.807, 2.05) is 49.2 Å². The van der Waals surface area contributed by atoms with Crippen LogP contribution in [0.5, 0.6) is 0 Å². The molecule has 23 heavy (non-hydrogen) atoms. The van der Waals surface area contributed by atoms with Crippen LogP contribution in [-0.4, -0.2) is 7.05 Å². The van der Waals surface area contributed by atoms with E-state index in [1.165, 1.54) is 22.9 Å². The molecule has 0 aliphatic heterocycles. The first kappa shape index (κ1) is 17.6. The number of nitrogens with zero attached hydrogens (tertiary/aromatic N) is 2. The standard InChI is InChI=1S/C20H23BrN2/c1-3-8-16(13-17-9-7-12-20(17)21)14-19(15-22)23(2)18-10-5-4-6-11-18/h3-6,8,10-11,14,16H,7,9,12-13H2,1-2H3/b8-3+,19-14-. The molecule has 2 nitrogen and oxygen atoms in total. The largest absolute Gasteiger partial charge is 0.336 e. The van der Waals surface area contributed by atoms with Gasteiger partial charge in [0.25, 0.3) is 0 Å². The third-order valence-electron chi connectivity index (χ3n) is 4.17. The molecule has 0 fully saturated rings. The van der Waals surface area contributed by atoms with E-state index in [1.54, 1.807) is 0 Å². The Balaban J connectivity index is 2.22. The number of nitriles is 1. The average Bonchev–Trinajstić information content (AvgIpc) is 2.98. The highest BCUT2D eigenvalue weighted by atomic mass is 79.9. The lowest BCUT2D eigenvalue weighted by Gasteiger charge is -2.20. The number of benzene rings is 1. The topological polar surface area (TPSA) is 27.0 Å². The van der Waals surface area contributed by atoms with Crippen molar-refractivity contribution in [3.8, 4) is 6.07 Å². The summed E-state index contributed by atoms with van der Waals surface area (Å²) < 4.78 is 1.36. The molecule has 0 amide bonds. The Morgan fingerprint density at radius 3 is 2.65 bits per heavy atom. The maximum Gasteiger partial charge on any atom is 0.117 e. The van der Waals surface area contributed by atoms with Crippen molar-refractivity contribution in [3.63, 3.8) is 0 Å². The van der Waals surface area contributed by atoms with Crippen LogP contribution in [0.1, 0.15) is 32.6 Å². The summed E-state index contributed by atoms with van der Waals surface area (Å²) in [5.41, 5.74) is 3.21. The molecule has 1 aromatic carbocycles. The minimum atomic E-state index is 0.251. The number of rotatable bonds is 6. The second-order valence-electron chi connectivity index (χ2n) is 5.81. The van der Waals surface area contributed by atoms with Crippen LogP contribution in [0.3, 0.4) is 0 Å². The van der Waals surface area contributed by atoms with E-state index in [0.717, 1.165) is 18.5 Å². The molecule has 1 aliphatic carbocycles. The number of allylic oxidation sites excluding steroid dienone is 6. The Bertz CT molecular complexity index is 650. The van der Waals surface area contributed by atoms with Gasteiger partial charge in [0.15, 0.2) is 0 Å². The van der Waals surface area contributed by atoms with Gasteiger partial charge in [0.2, 0.25) is 0 Å². The number of hydrogen-bond acceptors (Lipinski definition) is 2. The summed E-state index contributed by atoms with van der Waals surface area (Å²) in [6, 6.07) is 12.4. The molecule has 0 bridgehead atoms. The lowest BCUT2D eigenvalue weighted by atomic mass is 9.97. The Labute approximate surface area is 147 Å². The Hall–Kier alpha value is -1.79. The van der Waals surface area contributed by atoms with Crippen LogP contribution in [0.25, 0.3) is 0 Å². The van der Waals surface area contributed by atoms with Crippen molar-refractivity contribution in [2.45, 2.75) is 32.6 Å². The lowest BCUT2D eigenvalue weighted by molar-refractivity contribution is 0.753. The maximum atomic E-state index is 9.58. The summed E-state index contributed by atoms with van der Waals surface area (Å²) in [5, 5.41) is 9.58. The monoisotopic (exact) mass is 370 g/mol. The van der Waals surface area contributed by atoms with Crippen molar-refractivity contribution in [2.75, 3.05) is 11.9 Å². The van der Waals surface area contributed by atoms with E-state index in [2.05, 4.69) is 40.2 Å². The number of halogens is 1. The molecule has 1 aromatic rings. The van der Waals surface area contributed by atoms with Gasteiger partial charge in [-0.15, -0.1) is 0 Å². The molecule has 1 aliphatic rings. The zero-order valence-corrected chi connectivity index (χ0v) is 15.4. The van der Waals surface area contributed by atoms with Gasteiger partial charge in [-0.25, -0.2) is 0 Å². The zero-order valence-electron chi connectivity index (χ0n) is 13.8. The average molecular weight is 371 g/mol. The summed E-state index contributed by atoms with van der Waals surface area (Å²) in [6.07, 6.45) is 10.9. The maximum absolute atomic E-state index is 9.58. The molecule has 0 heterocycles. The van der Waals surface area contributed by atoms with Crippen LogP contribution in [0, 0.1) is 17.2 Å². The predicted molar refractivity (Wildman–Crippen MR) is 101 cm³/mol. The number of para-hydroxylation sites is 1. The van der Waals surface area contributed by atoms with Gasteiger partial charge in [-0.2, -0.15) is 5.26 Å². The van der Waals surface area contributed by atoms with E-state index < -0.39 is 0 Å². The first-order valence-corrected chi connectivity index (χ1v) is 8.85. The van der Waals surface area contributed by atoms with Gasteiger partial charge in [-0.1, -0.05) is 51.9 Å². The van der Waals surface area contributed by atoms with Gasteiger partial charge in [0.1, 0.15) is 11.8 Å². The van der Waals surface area contributed by atoms with Gasteiger partial charge in [0.05, 0.1) is 0 Å². The van der Waals surface area contributed by atoms with Gasteiger partial charge in [-0.3, -0.25) is 0 Å². The van der Waals surface area contributed by atoms with E-state index in [9.17, 15) is 5.26 Å². The van der Waals surface area contributed by atoms with Crippen molar-refractivity contribution in [1.29, 1.82) is 5.26 Å². The van der Waals surface area contributed by atoms with Crippen molar-refractivity contribution in [1.82, 2.24) is 0 Å². The predicted octanol–water partition coefficient (Wildman–Crippen LogP) is 5.95. The van der Waals surface area contributed by atoms with Crippen molar-refractivity contribution in [3.05, 3.63) is 64.3 Å². The van der Waals surface area contributed by atoms with Crippen LogP contribution in [0.2, 0.25) is 0 Å². The summed E-state index contributed by atoms with van der Waals surface area (Å²) >= 11 is 3.69. The highest BCUT2D eigenvalue weighted by Gasteiger charge is 2.16. The minimum absolute atomic E-state index is 0.251. The first-order valence-electron chi connectivity index (χ1n) is 8.05. The van der Waals surface area contributed by atoms with Gasteiger partial charge in [0, 0.05) is 18.7 Å². The van der Waals surface area contributed by atoms with Crippen molar-refractivity contribution in [2.24, 2.45) is 5.92 Å². The molecule has 0 saturated heterocycles. The molecular formula is C20H23BrN2. The van der Waals surface area contributed by atoms with Crippen molar-refractivity contribution < 1.29 is 0 Å². The minimum Gasteiger partial charge on any atom is -0.336 e. The second-order valence-corrected chi connectivity index (χ2v) is 6.77. The molecule has 0 saturated carbocycles. The smallest absolute Gasteiger partial charge is 0.117 e. The van der Waals surface area contributed by atoms with Crippen LogP contribution in [-0.2, 0) is 0 Å². The molecule has 0 spiro atoms. The summed E-state index contributed by atoms with van der Waals surface area (Å²) in [6.45, 7) is 2.03. The molecule has 2 rings (SSSR count). The fourth-order valence-corrected chi connectivity index (χ4v) is 3.55. The SMILES string of the molecule is C/C=C/C(/C=C(/C#N)N(C)c1ccccc1)CC1=C(Br)CCC1. The van der Waals surface area contributed by atoms with E-state index >= 15 is 0 Å². The van der Waals surface area contributed by atoms with Gasteiger partial charge >= 0.3 is 0 Å². The van der Waals surface area contributed by atoms with E-state index in [-0.39, 0.29) is 5.92 Å². The molecule has 0 radical (unpaired) electrons. The number of anilines is 1. The molecule has 3 heteroatoms. The zero-order chi connectivity index (χ0) is 16.7. The molecule has 0 aromatic heterocycles. The molecule has 0 N–H and O–H groups in total.